The van der Waals surface area contributed by atoms with E-state index in [1.807, 2.05) is 80.1 Å². The second-order valence-corrected chi connectivity index (χ2v) is 17.0. The molecule has 9 rings (SSSR count). The molecule has 5 heterocycles. The van der Waals surface area contributed by atoms with Gasteiger partial charge in [0.1, 0.15) is 30.0 Å². The predicted molar refractivity (Wildman–Crippen MR) is 228 cm³/mol. The number of H-pyrrole nitrogens is 2. The Morgan fingerprint density at radius 2 is 1.77 bits per heavy atom. The zero-order chi connectivity index (χ0) is 41.8. The minimum atomic E-state index is -0.722. The zero-order valence-electron chi connectivity index (χ0n) is 34.6. The Balaban J connectivity index is 0.973. The zero-order valence-corrected chi connectivity index (χ0v) is 34.6. The number of aromatic nitrogens is 4. The maximum atomic E-state index is 14.0. The first kappa shape index (κ1) is 39.3. The van der Waals surface area contributed by atoms with Crippen molar-refractivity contribution in [2.24, 2.45) is 11.8 Å². The second-order valence-electron chi connectivity index (χ2n) is 17.0. The first-order valence-corrected chi connectivity index (χ1v) is 20.9. The smallest absolute Gasteiger partial charge is 0.407 e. The summed E-state index contributed by atoms with van der Waals surface area (Å²) in [7, 11) is 1.30. The van der Waals surface area contributed by atoms with Gasteiger partial charge in [-0.25, -0.2) is 14.8 Å². The number of methoxy groups -OCH3 is 1. The number of rotatable bonds is 9. The standard InChI is InChI=1S/C47H51N7O6/c1-25(2)41(52-47(58)59-5)46(57)54-26(3)11-16-38(54)44-49-36-15-13-30-19-35-33-14-12-31(18-32(33)24-60-40(35)20-34(30)42(36)51-44)37-21-48-43(50-37)39-17-28(23-55)22-53(39)45(56)27(4)29-9-7-6-8-10-29/h6-10,12-15,18-21,25-28,38-39,41,55H,11,16-17,22-24H2,1-5H3,(H,48,50)(H,49,51)(H,52,58)/t26-,27?,28?,38-,39?,41?/m0/s1. The van der Waals surface area contributed by atoms with Crippen LogP contribution in [0.4, 0.5) is 4.79 Å². The van der Waals surface area contributed by atoms with Gasteiger partial charge in [-0.05, 0) is 90.9 Å². The van der Waals surface area contributed by atoms with Crippen molar-refractivity contribution < 1.29 is 29.0 Å². The van der Waals surface area contributed by atoms with Crippen LogP contribution >= 0.6 is 0 Å². The first-order chi connectivity index (χ1) is 29.0. The molecule has 4 unspecified atom stereocenters. The minimum absolute atomic E-state index is 0.0152. The number of amides is 3. The van der Waals surface area contributed by atoms with Gasteiger partial charge in [-0.2, -0.15) is 0 Å². The van der Waals surface area contributed by atoms with Crippen molar-refractivity contribution in [3.8, 4) is 28.1 Å². The number of aliphatic hydroxyl groups excluding tert-OH is 1. The molecule has 6 aromatic rings. The van der Waals surface area contributed by atoms with Gasteiger partial charge >= 0.3 is 6.09 Å². The Kier molecular flexibility index (Phi) is 10.3. The number of likely N-dealkylation sites (tertiary alicyclic amines) is 2. The molecular weight excluding hydrogens is 759 g/mol. The normalized spacial score (nSPS) is 20.9. The summed E-state index contributed by atoms with van der Waals surface area (Å²) < 4.78 is 11.3. The Hall–Kier alpha value is -6.21. The summed E-state index contributed by atoms with van der Waals surface area (Å²) >= 11 is 0. The Morgan fingerprint density at radius 3 is 2.53 bits per heavy atom. The number of alkyl carbamates (subject to hydrolysis) is 1. The van der Waals surface area contributed by atoms with E-state index in [1.54, 1.807) is 0 Å². The van der Waals surface area contributed by atoms with Crippen molar-refractivity contribution in [1.82, 2.24) is 35.1 Å². The quantitative estimate of drug-likeness (QED) is 0.115. The van der Waals surface area contributed by atoms with Gasteiger partial charge in [0.05, 0.1) is 48.0 Å². The lowest BCUT2D eigenvalue weighted by Crippen LogP contribution is -2.52. The first-order valence-electron chi connectivity index (χ1n) is 20.9. The molecule has 2 saturated heterocycles. The van der Waals surface area contributed by atoms with Crippen LogP contribution in [0.2, 0.25) is 0 Å². The molecule has 13 nitrogen and oxygen atoms in total. The molecule has 0 saturated carbocycles. The highest BCUT2D eigenvalue weighted by Gasteiger charge is 2.42. The van der Waals surface area contributed by atoms with Crippen LogP contribution in [0.1, 0.15) is 87.7 Å². The van der Waals surface area contributed by atoms with E-state index in [1.165, 1.54) is 7.11 Å². The Bertz CT molecular complexity index is 2600. The Morgan fingerprint density at radius 1 is 0.950 bits per heavy atom. The molecule has 13 heteroatoms. The van der Waals surface area contributed by atoms with E-state index in [2.05, 4.69) is 51.7 Å². The second kappa shape index (κ2) is 15.8. The maximum Gasteiger partial charge on any atom is 0.407 e. The van der Waals surface area contributed by atoms with Gasteiger partial charge in [0, 0.05) is 36.1 Å². The van der Waals surface area contributed by atoms with Gasteiger partial charge in [0.2, 0.25) is 11.8 Å². The number of carbonyl (C=O) groups is 3. The molecule has 0 aliphatic carbocycles. The van der Waals surface area contributed by atoms with Crippen LogP contribution in [-0.2, 0) is 20.9 Å². The molecule has 2 fully saturated rings. The SMILES string of the molecule is COC(=O)NC(C(=O)N1[C@@H](C)CC[C@H]1c1nc2c(ccc3cc4c(cc32)OCc2cc(-c3cnc(C5CC(CO)CN5C(=O)C(C)c5ccccc5)[nH]3)ccc2-4)[nH]1)C(C)C. The van der Waals surface area contributed by atoms with E-state index in [4.69, 9.17) is 19.4 Å². The largest absolute Gasteiger partial charge is 0.488 e. The molecule has 4 aromatic carbocycles. The molecule has 0 radical (unpaired) electrons. The van der Waals surface area contributed by atoms with Crippen LogP contribution in [0.5, 0.6) is 5.75 Å². The van der Waals surface area contributed by atoms with E-state index in [0.29, 0.717) is 25.4 Å². The summed E-state index contributed by atoms with van der Waals surface area (Å²) in [6.07, 6.45) is 3.40. The van der Waals surface area contributed by atoms with Crippen LogP contribution in [-0.4, -0.2) is 85.1 Å². The fraction of sp³-hybridized carbons (Fsp3) is 0.383. The molecule has 2 aromatic heterocycles. The lowest BCUT2D eigenvalue weighted by atomic mass is 9.92. The van der Waals surface area contributed by atoms with Crippen LogP contribution in [0, 0.1) is 11.8 Å². The van der Waals surface area contributed by atoms with Crippen LogP contribution in [0.3, 0.4) is 0 Å². The monoisotopic (exact) mass is 809 g/mol. The third kappa shape index (κ3) is 6.94. The third-order valence-corrected chi connectivity index (χ3v) is 12.8. The lowest BCUT2D eigenvalue weighted by Gasteiger charge is -2.32. The van der Waals surface area contributed by atoms with Crippen LogP contribution in [0.15, 0.2) is 79.0 Å². The molecule has 3 aliphatic heterocycles. The van der Waals surface area contributed by atoms with E-state index in [9.17, 15) is 19.5 Å². The van der Waals surface area contributed by atoms with Gasteiger partial charge in [-0.3, -0.25) is 9.59 Å². The highest BCUT2D eigenvalue weighted by Crippen LogP contribution is 2.44. The number of fused-ring (bicyclic) bond motifs is 6. The van der Waals surface area contributed by atoms with Gasteiger partial charge in [-0.15, -0.1) is 0 Å². The lowest BCUT2D eigenvalue weighted by molar-refractivity contribution is -0.137. The summed E-state index contributed by atoms with van der Waals surface area (Å²) in [4.78, 5) is 60.6. The van der Waals surface area contributed by atoms with Gasteiger partial charge in [0.25, 0.3) is 0 Å². The van der Waals surface area contributed by atoms with E-state index in [0.717, 1.165) is 79.7 Å². The summed E-state index contributed by atoms with van der Waals surface area (Å²) in [5, 5.41) is 14.8. The summed E-state index contributed by atoms with van der Waals surface area (Å²) in [5.41, 5.74) is 7.60. The van der Waals surface area contributed by atoms with Crippen molar-refractivity contribution >= 4 is 39.7 Å². The molecule has 0 spiro atoms. The van der Waals surface area contributed by atoms with Gasteiger partial charge < -0.3 is 39.7 Å². The van der Waals surface area contributed by atoms with Crippen LogP contribution in [0.25, 0.3) is 44.2 Å². The minimum Gasteiger partial charge on any atom is -0.488 e. The average Bonchev–Trinajstić information content (AvgIpc) is 4.09. The predicted octanol–water partition coefficient (Wildman–Crippen LogP) is 7.78. The number of hydrogen-bond acceptors (Lipinski definition) is 8. The maximum absolute atomic E-state index is 14.0. The molecular formula is C47H51N7O6. The number of carbonyl (C=O) groups excluding carboxylic acids is 3. The number of imidazole rings is 2. The molecule has 60 heavy (non-hydrogen) atoms. The average molecular weight is 810 g/mol. The van der Waals surface area contributed by atoms with E-state index < -0.39 is 12.1 Å². The van der Waals surface area contributed by atoms with Crippen LogP contribution < -0.4 is 10.1 Å². The molecule has 310 valence electrons. The molecule has 4 N–H and O–H groups in total. The number of aliphatic hydroxyl groups is 1. The van der Waals surface area contributed by atoms with Crippen molar-refractivity contribution in [3.05, 3.63) is 102 Å². The van der Waals surface area contributed by atoms with Gasteiger partial charge in [-0.1, -0.05) is 62.4 Å². The summed E-state index contributed by atoms with van der Waals surface area (Å²) in [6.45, 7) is 8.69. The molecule has 0 bridgehead atoms. The van der Waals surface area contributed by atoms with Gasteiger partial charge in [0.15, 0.2) is 0 Å². The van der Waals surface area contributed by atoms with Crippen molar-refractivity contribution in [2.75, 3.05) is 20.3 Å². The third-order valence-electron chi connectivity index (χ3n) is 12.8. The highest BCUT2D eigenvalue weighted by atomic mass is 16.5. The number of benzene rings is 4. The summed E-state index contributed by atoms with van der Waals surface area (Å²) in [6, 6.07) is 23.2. The van der Waals surface area contributed by atoms with Crippen molar-refractivity contribution in [2.45, 2.75) is 83.6 Å². The summed E-state index contributed by atoms with van der Waals surface area (Å²) in [5.74, 6) is 1.63. The Labute approximate surface area is 348 Å². The number of aromatic amines is 2. The van der Waals surface area contributed by atoms with Crippen molar-refractivity contribution in [3.63, 3.8) is 0 Å². The van der Waals surface area contributed by atoms with E-state index >= 15 is 0 Å². The highest BCUT2D eigenvalue weighted by molar-refractivity contribution is 6.07. The van der Waals surface area contributed by atoms with E-state index in [-0.39, 0.29) is 54.3 Å². The van der Waals surface area contributed by atoms with Crippen molar-refractivity contribution in [1.29, 1.82) is 0 Å². The fourth-order valence-electron chi connectivity index (χ4n) is 9.46. The molecule has 3 aliphatic rings. The molecule has 6 atom stereocenters. The number of nitrogens with zero attached hydrogens (tertiary/aromatic N) is 4. The molecule has 3 amide bonds. The fourth-order valence-corrected chi connectivity index (χ4v) is 9.46. The number of nitrogens with one attached hydrogen (secondary N) is 3. The number of hydrogen-bond donors (Lipinski definition) is 4. The topological polar surface area (TPSA) is 166 Å². The number of ether oxygens (including phenoxy) is 2.